The number of aryl methyl sites for hydroxylation is 2. The zero-order valence-electron chi connectivity index (χ0n) is 11.5. The van der Waals surface area contributed by atoms with Crippen LogP contribution in [0.15, 0.2) is 30.5 Å². The minimum absolute atomic E-state index is 0.658. The number of fused-ring (bicyclic) bond motifs is 1. The van der Waals surface area contributed by atoms with Crippen LogP contribution < -0.4 is 11.1 Å². The van der Waals surface area contributed by atoms with Gasteiger partial charge in [-0.3, -0.25) is 4.98 Å². The van der Waals surface area contributed by atoms with Crippen molar-refractivity contribution in [3.63, 3.8) is 0 Å². The van der Waals surface area contributed by atoms with Crippen molar-refractivity contribution in [3.8, 4) is 0 Å². The van der Waals surface area contributed by atoms with E-state index in [9.17, 15) is 0 Å². The Labute approximate surface area is 121 Å². The Morgan fingerprint density at radius 1 is 1.30 bits per heavy atom. The predicted molar refractivity (Wildman–Crippen MR) is 85.1 cm³/mol. The van der Waals surface area contributed by atoms with E-state index in [4.69, 9.17) is 5.73 Å². The Morgan fingerprint density at radius 2 is 2.15 bits per heavy atom. The van der Waals surface area contributed by atoms with Gasteiger partial charge in [-0.2, -0.15) is 0 Å². The normalized spacial score (nSPS) is 10.9. The van der Waals surface area contributed by atoms with Crippen LogP contribution in [0.25, 0.3) is 10.2 Å². The van der Waals surface area contributed by atoms with Gasteiger partial charge in [0.2, 0.25) is 0 Å². The van der Waals surface area contributed by atoms with Gasteiger partial charge >= 0.3 is 0 Å². The van der Waals surface area contributed by atoms with Gasteiger partial charge < -0.3 is 11.1 Å². The number of anilines is 2. The summed E-state index contributed by atoms with van der Waals surface area (Å²) < 4.78 is 1.12. The molecular weight excluding hydrogens is 268 g/mol. The number of aromatic nitrogens is 2. The molecule has 0 radical (unpaired) electrons. The molecule has 3 aromatic rings. The lowest BCUT2D eigenvalue weighted by atomic mass is 10.2. The number of benzene rings is 1. The fourth-order valence-electron chi connectivity index (χ4n) is 2.14. The van der Waals surface area contributed by atoms with Crippen LogP contribution in [0.4, 0.5) is 11.4 Å². The molecule has 3 rings (SSSR count). The van der Waals surface area contributed by atoms with Gasteiger partial charge in [0.05, 0.1) is 38.8 Å². The summed E-state index contributed by atoms with van der Waals surface area (Å²) in [5, 5.41) is 4.40. The van der Waals surface area contributed by atoms with Crippen molar-refractivity contribution in [2.24, 2.45) is 0 Å². The number of hydrogen-bond donors (Lipinski definition) is 2. The molecule has 0 atom stereocenters. The van der Waals surface area contributed by atoms with Gasteiger partial charge in [0.1, 0.15) is 0 Å². The standard InChI is InChI=1S/C15H16N4S/c1-9-4-3-5-17-14(9)8-18-12-7-13-15(6-11(12)16)20-10(2)19-13/h3-7,18H,8,16H2,1-2H3. The van der Waals surface area contributed by atoms with Crippen LogP contribution in [-0.4, -0.2) is 9.97 Å². The van der Waals surface area contributed by atoms with Crippen LogP contribution in [0.5, 0.6) is 0 Å². The molecule has 4 nitrogen and oxygen atoms in total. The third kappa shape index (κ3) is 2.44. The molecule has 0 aliphatic carbocycles. The molecule has 20 heavy (non-hydrogen) atoms. The summed E-state index contributed by atoms with van der Waals surface area (Å²) in [6, 6.07) is 7.98. The summed E-state index contributed by atoms with van der Waals surface area (Å²) in [7, 11) is 0. The Hall–Kier alpha value is -2.14. The maximum Gasteiger partial charge on any atom is 0.0907 e. The third-order valence-electron chi connectivity index (χ3n) is 3.23. The molecule has 0 spiro atoms. The van der Waals surface area contributed by atoms with E-state index in [1.807, 2.05) is 25.1 Å². The van der Waals surface area contributed by atoms with Gasteiger partial charge in [0.15, 0.2) is 0 Å². The van der Waals surface area contributed by atoms with Crippen molar-refractivity contribution in [2.45, 2.75) is 20.4 Å². The van der Waals surface area contributed by atoms with Gasteiger partial charge in [0, 0.05) is 6.20 Å². The molecule has 5 heteroatoms. The first-order valence-corrected chi connectivity index (χ1v) is 7.26. The number of nitrogens with two attached hydrogens (primary N) is 1. The quantitative estimate of drug-likeness (QED) is 0.722. The van der Waals surface area contributed by atoms with Gasteiger partial charge in [-0.15, -0.1) is 11.3 Å². The summed E-state index contributed by atoms with van der Waals surface area (Å²) in [6.45, 7) is 4.72. The summed E-state index contributed by atoms with van der Waals surface area (Å²) >= 11 is 1.66. The fraction of sp³-hybridized carbons (Fsp3) is 0.200. The van der Waals surface area contributed by atoms with Crippen LogP contribution in [0.2, 0.25) is 0 Å². The summed E-state index contributed by atoms with van der Waals surface area (Å²) in [6.07, 6.45) is 1.81. The predicted octanol–water partition coefficient (Wildman–Crippen LogP) is 3.50. The highest BCUT2D eigenvalue weighted by Gasteiger charge is 2.07. The molecule has 3 N–H and O–H groups in total. The number of nitrogens with zero attached hydrogens (tertiary/aromatic N) is 2. The summed E-state index contributed by atoms with van der Waals surface area (Å²) in [5.74, 6) is 0. The fourth-order valence-corrected chi connectivity index (χ4v) is 3.00. The van der Waals surface area contributed by atoms with Gasteiger partial charge in [-0.05, 0) is 37.6 Å². The lowest BCUT2D eigenvalue weighted by Gasteiger charge is -2.10. The molecule has 102 valence electrons. The highest BCUT2D eigenvalue weighted by Crippen LogP contribution is 2.29. The van der Waals surface area contributed by atoms with E-state index in [0.29, 0.717) is 6.54 Å². The van der Waals surface area contributed by atoms with E-state index in [1.165, 1.54) is 5.56 Å². The average Bonchev–Trinajstić information content (AvgIpc) is 2.76. The summed E-state index contributed by atoms with van der Waals surface area (Å²) in [5.41, 5.74) is 10.9. The SMILES string of the molecule is Cc1nc2cc(NCc3ncccc3C)c(N)cc2s1. The highest BCUT2D eigenvalue weighted by atomic mass is 32.1. The van der Waals surface area contributed by atoms with Crippen molar-refractivity contribution in [3.05, 3.63) is 46.7 Å². The van der Waals surface area contributed by atoms with E-state index in [2.05, 4.69) is 28.3 Å². The highest BCUT2D eigenvalue weighted by molar-refractivity contribution is 7.18. The topological polar surface area (TPSA) is 63.8 Å². The van der Waals surface area contributed by atoms with Crippen molar-refractivity contribution >= 4 is 32.9 Å². The maximum absolute atomic E-state index is 6.09. The molecule has 0 fully saturated rings. The number of pyridine rings is 1. The number of hydrogen-bond acceptors (Lipinski definition) is 5. The molecule has 0 saturated heterocycles. The van der Waals surface area contributed by atoms with Crippen molar-refractivity contribution in [1.29, 1.82) is 0 Å². The monoisotopic (exact) mass is 284 g/mol. The molecule has 0 bridgehead atoms. The molecule has 0 aliphatic heterocycles. The van der Waals surface area contributed by atoms with Crippen LogP contribution in [-0.2, 0) is 6.54 Å². The Morgan fingerprint density at radius 3 is 2.95 bits per heavy atom. The number of nitrogens with one attached hydrogen (secondary N) is 1. The second-order valence-corrected chi connectivity index (χ2v) is 6.00. The smallest absolute Gasteiger partial charge is 0.0907 e. The Bertz CT molecular complexity index is 764. The lowest BCUT2D eigenvalue weighted by molar-refractivity contribution is 1.02. The Kier molecular flexibility index (Phi) is 3.28. The van der Waals surface area contributed by atoms with Crippen molar-refractivity contribution < 1.29 is 0 Å². The minimum atomic E-state index is 0.658. The van der Waals surface area contributed by atoms with Crippen LogP contribution in [0.1, 0.15) is 16.3 Å². The molecule has 0 amide bonds. The molecule has 2 heterocycles. The van der Waals surface area contributed by atoms with Crippen molar-refractivity contribution in [2.75, 3.05) is 11.1 Å². The van der Waals surface area contributed by atoms with E-state index in [0.717, 1.165) is 32.3 Å². The number of rotatable bonds is 3. The van der Waals surface area contributed by atoms with E-state index >= 15 is 0 Å². The molecule has 0 unspecified atom stereocenters. The van der Waals surface area contributed by atoms with Crippen LogP contribution in [0, 0.1) is 13.8 Å². The van der Waals surface area contributed by atoms with Crippen LogP contribution in [0.3, 0.4) is 0 Å². The summed E-state index contributed by atoms with van der Waals surface area (Å²) in [4.78, 5) is 8.87. The van der Waals surface area contributed by atoms with E-state index in [-0.39, 0.29) is 0 Å². The first-order valence-electron chi connectivity index (χ1n) is 6.44. The lowest BCUT2D eigenvalue weighted by Crippen LogP contribution is -2.05. The zero-order valence-corrected chi connectivity index (χ0v) is 12.3. The third-order valence-corrected chi connectivity index (χ3v) is 4.16. The molecule has 0 saturated carbocycles. The first-order chi connectivity index (χ1) is 9.63. The van der Waals surface area contributed by atoms with Gasteiger partial charge in [0.25, 0.3) is 0 Å². The second kappa shape index (κ2) is 5.09. The molecule has 1 aromatic carbocycles. The second-order valence-electron chi connectivity index (χ2n) is 4.76. The largest absolute Gasteiger partial charge is 0.397 e. The average molecular weight is 284 g/mol. The number of nitrogen functional groups attached to an aromatic ring is 1. The first kappa shape index (κ1) is 12.9. The van der Waals surface area contributed by atoms with E-state index < -0.39 is 0 Å². The molecule has 2 aromatic heterocycles. The minimum Gasteiger partial charge on any atom is -0.397 e. The maximum atomic E-state index is 6.09. The molecule has 0 aliphatic rings. The number of thiazole rings is 1. The van der Waals surface area contributed by atoms with Crippen molar-refractivity contribution in [1.82, 2.24) is 9.97 Å². The Balaban J connectivity index is 1.87. The van der Waals surface area contributed by atoms with E-state index in [1.54, 1.807) is 17.5 Å². The van der Waals surface area contributed by atoms with Gasteiger partial charge in [-0.1, -0.05) is 6.07 Å². The zero-order chi connectivity index (χ0) is 14.1. The van der Waals surface area contributed by atoms with Gasteiger partial charge in [-0.25, -0.2) is 4.98 Å². The molecular formula is C15H16N4S. The van der Waals surface area contributed by atoms with Crippen LogP contribution >= 0.6 is 11.3 Å².